The number of likely N-dealkylation sites (tertiary alicyclic amines) is 1. The summed E-state index contributed by atoms with van der Waals surface area (Å²) in [7, 11) is 0. The van der Waals surface area contributed by atoms with Crippen LogP contribution in [0.15, 0.2) is 58.5 Å². The van der Waals surface area contributed by atoms with Crippen LogP contribution in [0, 0.1) is 11.8 Å². The summed E-state index contributed by atoms with van der Waals surface area (Å²) in [5.41, 5.74) is 4.98. The molecule has 2 aliphatic carbocycles. The van der Waals surface area contributed by atoms with Gasteiger partial charge < -0.3 is 4.90 Å². The molecule has 1 atom stereocenters. The highest BCUT2D eigenvalue weighted by molar-refractivity contribution is 6.16. The van der Waals surface area contributed by atoms with Gasteiger partial charge in [0, 0.05) is 37.5 Å². The Morgan fingerprint density at radius 1 is 1.00 bits per heavy atom. The van der Waals surface area contributed by atoms with E-state index in [1.165, 1.54) is 5.56 Å². The third kappa shape index (κ3) is 3.30. The van der Waals surface area contributed by atoms with Crippen molar-refractivity contribution in [3.8, 4) is 0 Å². The molecule has 34 heavy (non-hydrogen) atoms. The Morgan fingerprint density at radius 3 is 2.50 bits per heavy atom. The van der Waals surface area contributed by atoms with Gasteiger partial charge in [-0.05, 0) is 55.2 Å². The first kappa shape index (κ1) is 20.1. The van der Waals surface area contributed by atoms with Crippen LogP contribution in [0.2, 0.25) is 0 Å². The summed E-state index contributed by atoms with van der Waals surface area (Å²) < 4.78 is 0. The molecule has 2 amide bonds. The van der Waals surface area contributed by atoms with Gasteiger partial charge in [-0.1, -0.05) is 42.5 Å². The number of aliphatic imine (C=N–C) groups is 2. The van der Waals surface area contributed by atoms with Gasteiger partial charge in [-0.2, -0.15) is 0 Å². The summed E-state index contributed by atoms with van der Waals surface area (Å²) in [5, 5.41) is 0. The maximum atomic E-state index is 13.3. The van der Waals surface area contributed by atoms with Crippen molar-refractivity contribution in [1.29, 1.82) is 0 Å². The molecule has 3 fully saturated rings. The fraction of sp³-hybridized carbons (Fsp3) is 0.429. The van der Waals surface area contributed by atoms with E-state index in [1.54, 1.807) is 0 Å². The van der Waals surface area contributed by atoms with Crippen LogP contribution < -0.4 is 0 Å². The Kier molecular flexibility index (Phi) is 4.36. The molecular weight excluding hydrogens is 424 g/mol. The third-order valence-electron chi connectivity index (χ3n) is 7.99. The number of amides is 2. The van der Waals surface area contributed by atoms with Crippen LogP contribution in [0.3, 0.4) is 0 Å². The second-order valence-corrected chi connectivity index (χ2v) is 10.5. The van der Waals surface area contributed by atoms with Crippen molar-refractivity contribution in [3.63, 3.8) is 0 Å². The molecule has 6 heteroatoms. The van der Waals surface area contributed by atoms with Crippen LogP contribution in [0.4, 0.5) is 5.69 Å². The molecule has 3 aliphatic heterocycles. The molecular formula is C28H28N4O2. The first-order valence-electron chi connectivity index (χ1n) is 12.6. The molecule has 0 aromatic heterocycles. The minimum absolute atomic E-state index is 0.147. The predicted octanol–water partition coefficient (Wildman–Crippen LogP) is 3.74. The zero-order valence-electron chi connectivity index (χ0n) is 19.2. The van der Waals surface area contributed by atoms with Crippen LogP contribution in [-0.2, 0) is 16.0 Å². The molecule has 172 valence electrons. The summed E-state index contributed by atoms with van der Waals surface area (Å²) >= 11 is 0. The van der Waals surface area contributed by atoms with Crippen molar-refractivity contribution < 1.29 is 9.59 Å². The Balaban J connectivity index is 1.10. The second-order valence-electron chi connectivity index (χ2n) is 10.5. The molecule has 6 nitrogen and oxygen atoms in total. The van der Waals surface area contributed by atoms with Gasteiger partial charge in [0.05, 0.1) is 11.4 Å². The lowest BCUT2D eigenvalue weighted by molar-refractivity contribution is -0.131. The Labute approximate surface area is 199 Å². The number of para-hydroxylation sites is 1. The van der Waals surface area contributed by atoms with E-state index in [2.05, 4.69) is 42.5 Å². The maximum Gasteiger partial charge on any atom is 0.256 e. The van der Waals surface area contributed by atoms with E-state index in [9.17, 15) is 9.59 Å². The van der Waals surface area contributed by atoms with Crippen molar-refractivity contribution >= 4 is 29.0 Å². The van der Waals surface area contributed by atoms with E-state index in [0.717, 1.165) is 80.0 Å². The van der Waals surface area contributed by atoms with Gasteiger partial charge in [0.1, 0.15) is 11.4 Å². The zero-order chi connectivity index (χ0) is 22.9. The smallest absolute Gasteiger partial charge is 0.256 e. The Morgan fingerprint density at radius 2 is 1.76 bits per heavy atom. The van der Waals surface area contributed by atoms with Crippen LogP contribution in [-0.4, -0.2) is 58.3 Å². The molecule has 2 aromatic rings. The number of hydrogen-bond acceptors (Lipinski definition) is 4. The van der Waals surface area contributed by atoms with Gasteiger partial charge in [-0.15, -0.1) is 0 Å². The first-order valence-corrected chi connectivity index (χ1v) is 12.6. The van der Waals surface area contributed by atoms with Crippen LogP contribution in [0.1, 0.15) is 48.8 Å². The molecule has 1 saturated heterocycles. The normalized spacial score (nSPS) is 24.5. The Bertz CT molecular complexity index is 1250. The molecule has 0 bridgehead atoms. The summed E-state index contributed by atoms with van der Waals surface area (Å²) in [6.07, 6.45) is 5.58. The summed E-state index contributed by atoms with van der Waals surface area (Å²) in [6, 6.07) is 16.7. The molecule has 0 N–H and O–H groups in total. The lowest BCUT2D eigenvalue weighted by Gasteiger charge is -2.23. The van der Waals surface area contributed by atoms with Crippen molar-refractivity contribution in [1.82, 2.24) is 9.80 Å². The number of carbonyl (C=O) groups excluding carboxylic acids is 2. The molecule has 1 unspecified atom stereocenters. The number of hydrogen-bond donors (Lipinski definition) is 0. The Hall–Kier alpha value is -3.28. The third-order valence-corrected chi connectivity index (χ3v) is 7.99. The van der Waals surface area contributed by atoms with E-state index in [1.807, 2.05) is 15.9 Å². The number of rotatable bonds is 5. The average Bonchev–Trinajstić information content (AvgIpc) is 3.75. The van der Waals surface area contributed by atoms with E-state index in [4.69, 9.17) is 9.98 Å². The topological polar surface area (TPSA) is 65.3 Å². The predicted molar refractivity (Wildman–Crippen MR) is 130 cm³/mol. The van der Waals surface area contributed by atoms with E-state index in [-0.39, 0.29) is 11.8 Å². The number of amidine groups is 1. The van der Waals surface area contributed by atoms with E-state index < -0.39 is 5.54 Å². The van der Waals surface area contributed by atoms with Gasteiger partial charge in [0.25, 0.3) is 5.91 Å². The highest BCUT2D eigenvalue weighted by atomic mass is 16.2. The number of nitrogens with zero attached hydrogens (tertiary/aromatic N) is 4. The molecule has 7 rings (SSSR count). The number of carbonyl (C=O) groups is 2. The summed E-state index contributed by atoms with van der Waals surface area (Å²) in [5.74, 6) is 1.84. The lowest BCUT2D eigenvalue weighted by atomic mass is 10.0. The van der Waals surface area contributed by atoms with Crippen molar-refractivity contribution in [3.05, 3.63) is 65.2 Å². The van der Waals surface area contributed by atoms with Crippen molar-refractivity contribution in [2.45, 2.75) is 44.1 Å². The van der Waals surface area contributed by atoms with Gasteiger partial charge in [-0.25, -0.2) is 0 Å². The summed E-state index contributed by atoms with van der Waals surface area (Å²) in [4.78, 5) is 39.5. The minimum atomic E-state index is -0.521. The lowest BCUT2D eigenvalue weighted by Crippen LogP contribution is -2.40. The zero-order valence-corrected chi connectivity index (χ0v) is 19.2. The molecule has 3 heterocycles. The van der Waals surface area contributed by atoms with Gasteiger partial charge >= 0.3 is 0 Å². The fourth-order valence-electron chi connectivity index (χ4n) is 5.63. The number of fused-ring (bicyclic) bond motifs is 1. The highest BCUT2D eigenvalue weighted by Crippen LogP contribution is 2.46. The van der Waals surface area contributed by atoms with Crippen LogP contribution in [0.5, 0.6) is 0 Å². The SMILES string of the molecule is O=C(C1CC1)N1CCC(CN2C(=O)C3(CC3)N=C2c2ccc(C3=Nc4ccccc4C3)cc2)C1. The fourth-order valence-corrected chi connectivity index (χ4v) is 5.63. The molecule has 2 saturated carbocycles. The van der Waals surface area contributed by atoms with Crippen molar-refractivity contribution in [2.75, 3.05) is 19.6 Å². The van der Waals surface area contributed by atoms with Gasteiger partial charge in [0.2, 0.25) is 5.91 Å². The quantitative estimate of drug-likeness (QED) is 0.694. The monoisotopic (exact) mass is 452 g/mol. The summed E-state index contributed by atoms with van der Waals surface area (Å²) in [6.45, 7) is 2.23. The van der Waals surface area contributed by atoms with Crippen LogP contribution >= 0.6 is 0 Å². The average molecular weight is 453 g/mol. The minimum Gasteiger partial charge on any atom is -0.342 e. The van der Waals surface area contributed by atoms with Gasteiger partial charge in [0.15, 0.2) is 0 Å². The molecule has 0 radical (unpaired) electrons. The van der Waals surface area contributed by atoms with E-state index >= 15 is 0 Å². The maximum absolute atomic E-state index is 13.3. The molecule has 1 spiro atoms. The van der Waals surface area contributed by atoms with Gasteiger partial charge in [-0.3, -0.25) is 24.5 Å². The largest absolute Gasteiger partial charge is 0.342 e. The highest BCUT2D eigenvalue weighted by Gasteiger charge is 2.57. The standard InChI is InChI=1S/C28H28N4O2/c33-26(21-9-10-21)31-14-11-18(16-31)17-32-25(30-28(12-13-28)27(32)34)20-7-5-19(6-8-20)24-15-22-3-1-2-4-23(22)29-24/h1-8,18,21H,9-17H2. The number of benzene rings is 2. The van der Waals surface area contributed by atoms with E-state index in [0.29, 0.717) is 18.4 Å². The van der Waals surface area contributed by atoms with Crippen LogP contribution in [0.25, 0.3) is 0 Å². The second kappa shape index (κ2) is 7.36. The molecule has 5 aliphatic rings. The molecule has 2 aromatic carbocycles. The first-order chi connectivity index (χ1) is 16.6. The van der Waals surface area contributed by atoms with Crippen molar-refractivity contribution in [2.24, 2.45) is 21.8 Å².